The van der Waals surface area contributed by atoms with E-state index in [1.807, 2.05) is 0 Å². The van der Waals surface area contributed by atoms with Crippen LogP contribution in [-0.2, 0) is 14.3 Å². The molecule has 0 aromatic heterocycles. The largest absolute Gasteiger partial charge is 0.466 e. The molecule has 0 spiro atoms. The van der Waals surface area contributed by atoms with E-state index in [1.165, 1.54) is 231 Å². The van der Waals surface area contributed by atoms with Gasteiger partial charge in [-0.2, -0.15) is 0 Å². The molecule has 0 aromatic carbocycles. The number of aliphatic hydroxyl groups excluding tert-OH is 2. The Bertz CT molecular complexity index is 997. The Morgan fingerprint density at radius 2 is 0.734 bits per heavy atom. The first kappa shape index (κ1) is 62.3. The number of hydrogen-bond donors (Lipinski definition) is 3. The van der Waals surface area contributed by atoms with Crippen molar-refractivity contribution < 1.29 is 24.5 Å². The van der Waals surface area contributed by atoms with Crippen molar-refractivity contribution in [3.63, 3.8) is 0 Å². The second-order valence-corrected chi connectivity index (χ2v) is 19.6. The highest BCUT2D eigenvalue weighted by Gasteiger charge is 2.20. The molecule has 0 fully saturated rings. The lowest BCUT2D eigenvalue weighted by Crippen LogP contribution is -2.45. The molecule has 2 unspecified atom stereocenters. The number of ether oxygens (including phenoxy) is 1. The van der Waals surface area contributed by atoms with Crippen molar-refractivity contribution in [2.45, 2.75) is 321 Å². The highest BCUT2D eigenvalue weighted by molar-refractivity contribution is 5.76. The molecule has 64 heavy (non-hydrogen) atoms. The average molecular weight is 903 g/mol. The van der Waals surface area contributed by atoms with Gasteiger partial charge in [-0.05, 0) is 77.0 Å². The fourth-order valence-electron chi connectivity index (χ4n) is 8.81. The third kappa shape index (κ3) is 49.8. The highest BCUT2D eigenvalue weighted by Crippen LogP contribution is 2.16. The maximum atomic E-state index is 12.4. The number of esters is 1. The van der Waals surface area contributed by atoms with Gasteiger partial charge in [0.05, 0.1) is 25.4 Å². The zero-order valence-corrected chi connectivity index (χ0v) is 43.0. The Balaban J connectivity index is 3.41. The lowest BCUT2D eigenvalue weighted by molar-refractivity contribution is -0.143. The van der Waals surface area contributed by atoms with Crippen LogP contribution >= 0.6 is 0 Å². The first-order valence-electron chi connectivity index (χ1n) is 28.6. The molecule has 0 bridgehead atoms. The van der Waals surface area contributed by atoms with Crippen LogP contribution in [0.4, 0.5) is 0 Å². The Hall–Kier alpha value is -1.66. The molecule has 378 valence electrons. The molecule has 3 N–H and O–H groups in total. The van der Waals surface area contributed by atoms with Crippen LogP contribution in [0.3, 0.4) is 0 Å². The second kappa shape index (κ2) is 54.0. The van der Waals surface area contributed by atoms with Crippen LogP contribution < -0.4 is 5.32 Å². The molecule has 0 radical (unpaired) electrons. The van der Waals surface area contributed by atoms with Gasteiger partial charge in [-0.15, -0.1) is 0 Å². The van der Waals surface area contributed by atoms with Gasteiger partial charge in [0.2, 0.25) is 5.91 Å². The van der Waals surface area contributed by atoms with E-state index in [1.54, 1.807) is 0 Å². The number of carbonyl (C=O) groups is 2. The second-order valence-electron chi connectivity index (χ2n) is 19.6. The molecule has 0 aromatic rings. The number of carbonyl (C=O) groups excluding carboxylic acids is 2. The van der Waals surface area contributed by atoms with Crippen molar-refractivity contribution in [1.82, 2.24) is 5.32 Å². The summed E-state index contributed by atoms with van der Waals surface area (Å²) in [6, 6.07) is -0.545. The molecular formula is C58H111NO5. The fraction of sp³-hybridized carbons (Fsp3) is 0.897. The van der Waals surface area contributed by atoms with Crippen molar-refractivity contribution in [3.05, 3.63) is 24.3 Å². The SMILES string of the molecule is CCCCCCCC/C=C\CCCCCCCC(=O)OCCCCCCCCCCCC/C=C\CCCCCCCCCC(=O)NC(CO)C(O)CCCCCCCCCCCCC. The molecule has 0 aliphatic carbocycles. The van der Waals surface area contributed by atoms with Crippen LogP contribution in [0.2, 0.25) is 0 Å². The molecule has 0 rings (SSSR count). The first-order valence-corrected chi connectivity index (χ1v) is 28.6. The Morgan fingerprint density at radius 3 is 1.11 bits per heavy atom. The van der Waals surface area contributed by atoms with Gasteiger partial charge in [-0.25, -0.2) is 0 Å². The minimum absolute atomic E-state index is 0.000253. The summed E-state index contributed by atoms with van der Waals surface area (Å²) in [6.45, 7) is 4.93. The topological polar surface area (TPSA) is 95.9 Å². The molecule has 0 saturated heterocycles. The Morgan fingerprint density at radius 1 is 0.422 bits per heavy atom. The molecule has 0 aliphatic heterocycles. The number of nitrogens with one attached hydrogen (secondary N) is 1. The van der Waals surface area contributed by atoms with Gasteiger partial charge in [0.15, 0.2) is 0 Å². The van der Waals surface area contributed by atoms with Crippen molar-refractivity contribution in [1.29, 1.82) is 0 Å². The molecule has 0 heterocycles. The average Bonchev–Trinajstić information content (AvgIpc) is 3.29. The van der Waals surface area contributed by atoms with Crippen LogP contribution in [0.25, 0.3) is 0 Å². The van der Waals surface area contributed by atoms with Gasteiger partial charge in [-0.3, -0.25) is 9.59 Å². The smallest absolute Gasteiger partial charge is 0.305 e. The van der Waals surface area contributed by atoms with Crippen molar-refractivity contribution in [2.75, 3.05) is 13.2 Å². The molecule has 6 heteroatoms. The highest BCUT2D eigenvalue weighted by atomic mass is 16.5. The van der Waals surface area contributed by atoms with E-state index >= 15 is 0 Å². The molecule has 2 atom stereocenters. The van der Waals surface area contributed by atoms with Gasteiger partial charge in [-0.1, -0.05) is 244 Å². The summed E-state index contributed by atoms with van der Waals surface area (Å²) in [4.78, 5) is 24.5. The van der Waals surface area contributed by atoms with E-state index in [4.69, 9.17) is 4.74 Å². The molecule has 0 saturated carbocycles. The van der Waals surface area contributed by atoms with E-state index < -0.39 is 12.1 Å². The number of amides is 1. The minimum Gasteiger partial charge on any atom is -0.466 e. The van der Waals surface area contributed by atoms with Crippen molar-refractivity contribution >= 4 is 11.9 Å². The predicted molar refractivity (Wildman–Crippen MR) is 278 cm³/mol. The summed E-state index contributed by atoms with van der Waals surface area (Å²) in [6.07, 6.45) is 64.6. The van der Waals surface area contributed by atoms with Crippen LogP contribution in [0.1, 0.15) is 309 Å². The van der Waals surface area contributed by atoms with E-state index in [-0.39, 0.29) is 18.5 Å². The zero-order chi connectivity index (χ0) is 46.5. The Kier molecular flexibility index (Phi) is 52.6. The fourth-order valence-corrected chi connectivity index (χ4v) is 8.81. The summed E-state index contributed by atoms with van der Waals surface area (Å²) in [5, 5.41) is 23.2. The van der Waals surface area contributed by atoms with Crippen LogP contribution in [0, 0.1) is 0 Å². The molecule has 0 aliphatic rings. The maximum Gasteiger partial charge on any atom is 0.305 e. The number of allylic oxidation sites excluding steroid dienone is 4. The van der Waals surface area contributed by atoms with E-state index in [0.717, 1.165) is 44.9 Å². The molecule has 6 nitrogen and oxygen atoms in total. The monoisotopic (exact) mass is 902 g/mol. The Labute approximate surface area is 399 Å². The van der Waals surface area contributed by atoms with Crippen molar-refractivity contribution in [2.24, 2.45) is 0 Å². The number of aliphatic hydroxyl groups is 2. The summed E-state index contributed by atoms with van der Waals surface area (Å²) in [5.41, 5.74) is 0. The van der Waals surface area contributed by atoms with Crippen LogP contribution in [0.15, 0.2) is 24.3 Å². The standard InChI is InChI=1S/C58H111NO5/c1-3-5-7-9-11-13-15-16-24-28-32-36-40-44-48-52-58(63)64-53-49-45-41-37-33-29-26-23-21-19-17-18-20-22-25-27-31-35-39-43-47-51-57(62)59-55(54-60)56(61)50-46-42-38-34-30-14-12-10-8-6-4-2/h16,18,20,24,55-56,60-61H,3-15,17,19,21-23,25-54H2,1-2H3,(H,59,62)/b20-18-,24-16-. The number of hydrogen-bond acceptors (Lipinski definition) is 5. The third-order valence-corrected chi connectivity index (χ3v) is 13.2. The van der Waals surface area contributed by atoms with Gasteiger partial charge in [0, 0.05) is 12.8 Å². The minimum atomic E-state index is -0.667. The van der Waals surface area contributed by atoms with Gasteiger partial charge in [0.1, 0.15) is 0 Å². The number of rotatable bonds is 53. The van der Waals surface area contributed by atoms with E-state index in [0.29, 0.717) is 25.9 Å². The van der Waals surface area contributed by atoms with Crippen molar-refractivity contribution in [3.8, 4) is 0 Å². The lowest BCUT2D eigenvalue weighted by atomic mass is 10.0. The van der Waals surface area contributed by atoms with Crippen LogP contribution in [-0.4, -0.2) is 47.4 Å². The van der Waals surface area contributed by atoms with Gasteiger partial charge in [0.25, 0.3) is 0 Å². The maximum absolute atomic E-state index is 12.4. The summed E-state index contributed by atoms with van der Waals surface area (Å²) in [5.74, 6) is -0.0433. The van der Waals surface area contributed by atoms with Gasteiger partial charge >= 0.3 is 5.97 Å². The summed E-state index contributed by atoms with van der Waals surface area (Å²) < 4.78 is 5.47. The summed E-state index contributed by atoms with van der Waals surface area (Å²) in [7, 11) is 0. The first-order chi connectivity index (χ1) is 31.5. The summed E-state index contributed by atoms with van der Waals surface area (Å²) >= 11 is 0. The normalized spacial score (nSPS) is 12.8. The van der Waals surface area contributed by atoms with E-state index in [9.17, 15) is 19.8 Å². The third-order valence-electron chi connectivity index (χ3n) is 13.2. The molecule has 1 amide bonds. The lowest BCUT2D eigenvalue weighted by Gasteiger charge is -2.22. The van der Waals surface area contributed by atoms with Gasteiger partial charge < -0.3 is 20.3 Å². The van der Waals surface area contributed by atoms with E-state index in [2.05, 4.69) is 43.5 Å². The zero-order valence-electron chi connectivity index (χ0n) is 43.0. The number of unbranched alkanes of at least 4 members (excludes halogenated alkanes) is 38. The quantitative estimate of drug-likeness (QED) is 0.0321. The predicted octanol–water partition coefficient (Wildman–Crippen LogP) is 17.5. The molecular weight excluding hydrogens is 791 g/mol. The van der Waals surface area contributed by atoms with Crippen LogP contribution in [0.5, 0.6) is 0 Å².